The van der Waals surface area contributed by atoms with E-state index in [4.69, 9.17) is 0 Å². The zero-order valence-electron chi connectivity index (χ0n) is 8.72. The molecule has 1 heterocycles. The van der Waals surface area contributed by atoms with Gasteiger partial charge in [0.25, 0.3) is 0 Å². The van der Waals surface area contributed by atoms with Gasteiger partial charge in [-0.2, -0.15) is 0 Å². The van der Waals surface area contributed by atoms with Crippen LogP contribution in [-0.2, 0) is 0 Å². The van der Waals surface area contributed by atoms with E-state index in [2.05, 4.69) is 41.2 Å². The van der Waals surface area contributed by atoms with E-state index in [1.807, 2.05) is 24.4 Å². The molecule has 1 N–H and O–H groups in total. The van der Waals surface area contributed by atoms with E-state index in [0.717, 1.165) is 5.82 Å². The Morgan fingerprint density at radius 1 is 1.27 bits per heavy atom. The maximum Gasteiger partial charge on any atom is 0.112 e. The maximum absolute atomic E-state index is 4.22. The second kappa shape index (κ2) is 4.60. The maximum atomic E-state index is 4.22. The highest BCUT2D eigenvalue weighted by Crippen LogP contribution is 2.13. The molecule has 0 saturated carbocycles. The smallest absolute Gasteiger partial charge is 0.112 e. The molecule has 0 fully saturated rings. The first-order valence-electron chi connectivity index (χ1n) is 5.09. The van der Waals surface area contributed by atoms with Gasteiger partial charge in [-0.1, -0.05) is 49.4 Å². The van der Waals surface area contributed by atoms with Crippen molar-refractivity contribution in [3.63, 3.8) is 0 Å². The molecule has 0 spiro atoms. The number of allylic oxidation sites excluding steroid dienone is 1. The molecule has 0 saturated heterocycles. The quantitative estimate of drug-likeness (QED) is 0.806. The van der Waals surface area contributed by atoms with Gasteiger partial charge in [0.05, 0.1) is 0 Å². The Balaban J connectivity index is 2.06. The molecular formula is C13H14N2. The molecular weight excluding hydrogens is 184 g/mol. The minimum absolute atomic E-state index is 0.320. The third kappa shape index (κ3) is 2.56. The predicted octanol–water partition coefficient (Wildman–Crippen LogP) is 3.23. The number of nitrogens with zero attached hydrogens (tertiary/aromatic N) is 1. The topological polar surface area (TPSA) is 28.7 Å². The Morgan fingerprint density at radius 3 is 2.73 bits per heavy atom. The molecule has 2 rings (SSSR count). The number of hydrogen-bond donors (Lipinski definition) is 1. The summed E-state index contributed by atoms with van der Waals surface area (Å²) in [6, 6.07) is 10.3. The van der Waals surface area contributed by atoms with Crippen LogP contribution in [-0.4, -0.2) is 9.97 Å². The predicted molar refractivity (Wildman–Crippen MR) is 62.5 cm³/mol. The molecule has 1 aromatic carbocycles. The van der Waals surface area contributed by atoms with Gasteiger partial charge in [0.15, 0.2) is 0 Å². The summed E-state index contributed by atoms with van der Waals surface area (Å²) in [5, 5.41) is 0. The van der Waals surface area contributed by atoms with Gasteiger partial charge in [-0.05, 0) is 5.56 Å². The van der Waals surface area contributed by atoms with Crippen molar-refractivity contribution in [2.75, 3.05) is 0 Å². The van der Waals surface area contributed by atoms with E-state index in [1.165, 1.54) is 5.56 Å². The van der Waals surface area contributed by atoms with Crippen molar-refractivity contribution in [2.45, 2.75) is 12.8 Å². The summed E-state index contributed by atoms with van der Waals surface area (Å²) in [5.41, 5.74) is 1.22. The molecule has 2 aromatic rings. The number of aromatic nitrogens is 2. The van der Waals surface area contributed by atoms with Crippen LogP contribution in [0.3, 0.4) is 0 Å². The van der Waals surface area contributed by atoms with Gasteiger partial charge in [0, 0.05) is 18.3 Å². The summed E-state index contributed by atoms with van der Waals surface area (Å²) in [4.78, 5) is 7.33. The standard InChI is InChI=1S/C13H14N2/c1-11(13-14-9-10-15-13)7-8-12-5-3-2-4-6-12/h2-11H,1H3,(H,14,15). The Labute approximate surface area is 89.7 Å². The Morgan fingerprint density at radius 2 is 2.07 bits per heavy atom. The van der Waals surface area contributed by atoms with Crippen molar-refractivity contribution in [1.82, 2.24) is 9.97 Å². The van der Waals surface area contributed by atoms with Crippen LogP contribution < -0.4 is 0 Å². The number of H-pyrrole nitrogens is 1. The number of nitrogens with one attached hydrogen (secondary N) is 1. The van der Waals surface area contributed by atoms with Crippen molar-refractivity contribution in [3.8, 4) is 0 Å². The highest BCUT2D eigenvalue weighted by atomic mass is 14.9. The van der Waals surface area contributed by atoms with Crippen LogP contribution in [0.2, 0.25) is 0 Å². The molecule has 1 atom stereocenters. The zero-order valence-corrected chi connectivity index (χ0v) is 8.72. The van der Waals surface area contributed by atoms with Crippen molar-refractivity contribution in [2.24, 2.45) is 0 Å². The molecule has 2 nitrogen and oxygen atoms in total. The lowest BCUT2D eigenvalue weighted by Crippen LogP contribution is -1.91. The molecule has 15 heavy (non-hydrogen) atoms. The lowest BCUT2D eigenvalue weighted by atomic mass is 10.1. The molecule has 1 aromatic heterocycles. The molecule has 1 unspecified atom stereocenters. The summed E-state index contributed by atoms with van der Waals surface area (Å²) in [6.45, 7) is 2.12. The van der Waals surface area contributed by atoms with E-state index in [1.54, 1.807) is 6.20 Å². The fourth-order valence-corrected chi connectivity index (χ4v) is 1.44. The average Bonchev–Trinajstić information content (AvgIpc) is 2.81. The van der Waals surface area contributed by atoms with Crippen LogP contribution in [0.5, 0.6) is 0 Å². The van der Waals surface area contributed by atoms with Crippen molar-refractivity contribution >= 4 is 6.08 Å². The summed E-state index contributed by atoms with van der Waals surface area (Å²) in [7, 11) is 0. The largest absolute Gasteiger partial charge is 0.348 e. The SMILES string of the molecule is CC(C=Cc1ccccc1)c1ncc[nH]1. The minimum atomic E-state index is 0.320. The Kier molecular flexibility index (Phi) is 2.98. The fourth-order valence-electron chi connectivity index (χ4n) is 1.44. The van der Waals surface area contributed by atoms with Crippen molar-refractivity contribution in [3.05, 3.63) is 60.2 Å². The first-order chi connectivity index (χ1) is 7.36. The van der Waals surface area contributed by atoms with Gasteiger partial charge in [0.2, 0.25) is 0 Å². The summed E-state index contributed by atoms with van der Waals surface area (Å²) in [5.74, 6) is 1.32. The minimum Gasteiger partial charge on any atom is -0.348 e. The third-order valence-corrected chi connectivity index (χ3v) is 2.33. The van der Waals surface area contributed by atoms with Gasteiger partial charge < -0.3 is 4.98 Å². The van der Waals surface area contributed by atoms with Gasteiger partial charge in [-0.25, -0.2) is 4.98 Å². The van der Waals surface area contributed by atoms with Gasteiger partial charge in [-0.15, -0.1) is 0 Å². The van der Waals surface area contributed by atoms with Crippen molar-refractivity contribution in [1.29, 1.82) is 0 Å². The summed E-state index contributed by atoms with van der Waals surface area (Å²) in [6.07, 6.45) is 7.89. The van der Waals surface area contributed by atoms with Crippen LogP contribution >= 0.6 is 0 Å². The number of imidazole rings is 1. The Bertz CT molecular complexity index is 415. The number of hydrogen-bond acceptors (Lipinski definition) is 1. The fraction of sp³-hybridized carbons (Fsp3) is 0.154. The monoisotopic (exact) mass is 198 g/mol. The second-order valence-electron chi connectivity index (χ2n) is 3.53. The molecule has 76 valence electrons. The van der Waals surface area contributed by atoms with E-state index in [0.29, 0.717) is 5.92 Å². The number of rotatable bonds is 3. The first-order valence-corrected chi connectivity index (χ1v) is 5.09. The molecule has 0 aliphatic heterocycles. The lowest BCUT2D eigenvalue weighted by Gasteiger charge is -2.00. The zero-order chi connectivity index (χ0) is 10.5. The lowest BCUT2D eigenvalue weighted by molar-refractivity contribution is 0.875. The molecule has 0 aliphatic carbocycles. The van der Waals surface area contributed by atoms with E-state index < -0.39 is 0 Å². The highest BCUT2D eigenvalue weighted by Gasteiger charge is 2.01. The first kappa shape index (κ1) is 9.71. The number of aromatic amines is 1. The van der Waals surface area contributed by atoms with Gasteiger partial charge >= 0.3 is 0 Å². The van der Waals surface area contributed by atoms with Crippen LogP contribution in [0.25, 0.3) is 6.08 Å². The Hall–Kier alpha value is -1.83. The molecule has 0 aliphatic rings. The van der Waals surface area contributed by atoms with Crippen LogP contribution in [0.4, 0.5) is 0 Å². The van der Waals surface area contributed by atoms with Crippen LogP contribution in [0.15, 0.2) is 48.8 Å². The average molecular weight is 198 g/mol. The highest BCUT2D eigenvalue weighted by molar-refractivity contribution is 5.49. The van der Waals surface area contributed by atoms with Crippen molar-refractivity contribution < 1.29 is 0 Å². The molecule has 0 amide bonds. The summed E-state index contributed by atoms with van der Waals surface area (Å²) >= 11 is 0. The summed E-state index contributed by atoms with van der Waals surface area (Å²) < 4.78 is 0. The second-order valence-corrected chi connectivity index (χ2v) is 3.53. The van der Waals surface area contributed by atoms with E-state index in [-0.39, 0.29) is 0 Å². The van der Waals surface area contributed by atoms with Crippen LogP contribution in [0, 0.1) is 0 Å². The normalized spacial score (nSPS) is 13.1. The van der Waals surface area contributed by atoms with Crippen LogP contribution in [0.1, 0.15) is 24.2 Å². The van der Waals surface area contributed by atoms with E-state index in [9.17, 15) is 0 Å². The molecule has 2 heteroatoms. The third-order valence-electron chi connectivity index (χ3n) is 2.33. The molecule has 0 radical (unpaired) electrons. The molecule has 0 bridgehead atoms. The van der Waals surface area contributed by atoms with Gasteiger partial charge in [-0.3, -0.25) is 0 Å². The van der Waals surface area contributed by atoms with Gasteiger partial charge in [0.1, 0.15) is 5.82 Å². The number of benzene rings is 1. The van der Waals surface area contributed by atoms with E-state index >= 15 is 0 Å².